The summed E-state index contributed by atoms with van der Waals surface area (Å²) in [5.74, 6) is 0.759. The molecule has 1 spiro atoms. The molecular formula is C18H29N3. The van der Waals surface area contributed by atoms with Crippen LogP contribution in [0.1, 0.15) is 51.5 Å². The topological polar surface area (TPSA) is 28.2 Å². The fourth-order valence-electron chi connectivity index (χ4n) is 4.11. The Kier molecular flexibility index (Phi) is 4.60. The standard InChI is InChI=1S/C18H29N3/c1-15(2)11-17-12-20-18(7-3-4-8-18)14-21(17)13-16-5-9-19-10-6-16/h5-6,9-10,15,17,20H,3-4,7-8,11-14H2,1-2H3. The minimum Gasteiger partial charge on any atom is -0.308 e. The van der Waals surface area contributed by atoms with Crippen LogP contribution >= 0.6 is 0 Å². The van der Waals surface area contributed by atoms with E-state index in [-0.39, 0.29) is 0 Å². The number of piperazine rings is 1. The average molecular weight is 287 g/mol. The van der Waals surface area contributed by atoms with Gasteiger partial charge >= 0.3 is 0 Å². The van der Waals surface area contributed by atoms with Crippen molar-refractivity contribution in [1.82, 2.24) is 15.2 Å². The maximum atomic E-state index is 4.15. The molecule has 2 aliphatic rings. The Morgan fingerprint density at radius 2 is 2.00 bits per heavy atom. The highest BCUT2D eigenvalue weighted by molar-refractivity contribution is 5.11. The molecule has 0 bridgehead atoms. The van der Waals surface area contributed by atoms with Crippen molar-refractivity contribution in [2.75, 3.05) is 13.1 Å². The van der Waals surface area contributed by atoms with Crippen LogP contribution in [-0.2, 0) is 6.54 Å². The monoisotopic (exact) mass is 287 g/mol. The summed E-state index contributed by atoms with van der Waals surface area (Å²) in [6.07, 6.45) is 10.6. The molecule has 1 aromatic rings. The molecule has 21 heavy (non-hydrogen) atoms. The molecule has 3 rings (SSSR count). The predicted octanol–water partition coefficient (Wildman–Crippen LogP) is 3.21. The zero-order valence-electron chi connectivity index (χ0n) is 13.5. The van der Waals surface area contributed by atoms with E-state index >= 15 is 0 Å². The lowest BCUT2D eigenvalue weighted by atomic mass is 9.89. The van der Waals surface area contributed by atoms with E-state index in [0.29, 0.717) is 11.6 Å². The van der Waals surface area contributed by atoms with Gasteiger partial charge < -0.3 is 5.32 Å². The molecule has 1 atom stereocenters. The normalized spacial score (nSPS) is 25.8. The Morgan fingerprint density at radius 3 is 2.67 bits per heavy atom. The Hall–Kier alpha value is -0.930. The minimum absolute atomic E-state index is 0.403. The number of hydrogen-bond donors (Lipinski definition) is 1. The third kappa shape index (κ3) is 3.64. The van der Waals surface area contributed by atoms with E-state index in [2.05, 4.69) is 41.2 Å². The van der Waals surface area contributed by atoms with Crippen LogP contribution in [0.4, 0.5) is 0 Å². The maximum Gasteiger partial charge on any atom is 0.0309 e. The molecule has 116 valence electrons. The number of pyridine rings is 1. The second-order valence-electron chi connectivity index (χ2n) is 7.41. The van der Waals surface area contributed by atoms with Crippen molar-refractivity contribution in [2.24, 2.45) is 5.92 Å². The first-order valence-corrected chi connectivity index (χ1v) is 8.55. The second-order valence-corrected chi connectivity index (χ2v) is 7.41. The van der Waals surface area contributed by atoms with Gasteiger partial charge in [-0.05, 0) is 42.9 Å². The molecule has 1 unspecified atom stereocenters. The molecule has 3 nitrogen and oxygen atoms in total. The Labute approximate surface area is 129 Å². The number of nitrogens with zero attached hydrogens (tertiary/aromatic N) is 2. The highest BCUT2D eigenvalue weighted by atomic mass is 15.3. The summed E-state index contributed by atoms with van der Waals surface area (Å²) in [4.78, 5) is 6.88. The van der Waals surface area contributed by atoms with Gasteiger partial charge in [0, 0.05) is 43.6 Å². The van der Waals surface area contributed by atoms with Crippen LogP contribution in [0.15, 0.2) is 24.5 Å². The van der Waals surface area contributed by atoms with Gasteiger partial charge in [0.2, 0.25) is 0 Å². The molecule has 1 saturated heterocycles. The van der Waals surface area contributed by atoms with Crippen LogP contribution in [0.25, 0.3) is 0 Å². The van der Waals surface area contributed by atoms with Crippen LogP contribution in [0.5, 0.6) is 0 Å². The summed E-state index contributed by atoms with van der Waals surface area (Å²) >= 11 is 0. The molecule has 1 aromatic heterocycles. The van der Waals surface area contributed by atoms with Gasteiger partial charge in [-0.15, -0.1) is 0 Å². The van der Waals surface area contributed by atoms with Crippen LogP contribution in [0.3, 0.4) is 0 Å². The van der Waals surface area contributed by atoms with Gasteiger partial charge in [0.25, 0.3) is 0 Å². The molecule has 0 amide bonds. The summed E-state index contributed by atoms with van der Waals surface area (Å²) in [6, 6.07) is 5.00. The summed E-state index contributed by atoms with van der Waals surface area (Å²) < 4.78 is 0. The molecule has 0 aromatic carbocycles. The van der Waals surface area contributed by atoms with Crippen molar-refractivity contribution in [3.8, 4) is 0 Å². The van der Waals surface area contributed by atoms with Gasteiger partial charge in [0.05, 0.1) is 0 Å². The molecule has 1 aliphatic heterocycles. The van der Waals surface area contributed by atoms with E-state index < -0.39 is 0 Å². The van der Waals surface area contributed by atoms with Gasteiger partial charge in [-0.25, -0.2) is 0 Å². The highest BCUT2D eigenvalue weighted by Crippen LogP contribution is 2.34. The third-order valence-electron chi connectivity index (χ3n) is 5.17. The van der Waals surface area contributed by atoms with Crippen LogP contribution < -0.4 is 5.32 Å². The van der Waals surface area contributed by atoms with Crippen molar-refractivity contribution in [2.45, 2.75) is 64.1 Å². The largest absolute Gasteiger partial charge is 0.308 e. The van der Waals surface area contributed by atoms with Crippen LogP contribution in [0, 0.1) is 5.92 Å². The zero-order valence-corrected chi connectivity index (χ0v) is 13.5. The first-order valence-electron chi connectivity index (χ1n) is 8.55. The lowest BCUT2D eigenvalue weighted by molar-refractivity contribution is 0.0630. The lowest BCUT2D eigenvalue weighted by Gasteiger charge is -2.47. The molecule has 3 heteroatoms. The van der Waals surface area contributed by atoms with E-state index in [1.807, 2.05) is 12.4 Å². The first kappa shape index (κ1) is 15.0. The fraction of sp³-hybridized carbons (Fsp3) is 0.722. The van der Waals surface area contributed by atoms with Crippen molar-refractivity contribution >= 4 is 0 Å². The molecule has 2 fully saturated rings. The summed E-state index contributed by atoms with van der Waals surface area (Å²) in [5, 5.41) is 3.91. The summed E-state index contributed by atoms with van der Waals surface area (Å²) in [5.41, 5.74) is 1.80. The molecule has 1 N–H and O–H groups in total. The SMILES string of the molecule is CC(C)CC1CNC2(CCCC2)CN1Cc1ccncc1. The minimum atomic E-state index is 0.403. The van der Waals surface area contributed by atoms with Gasteiger partial charge in [-0.1, -0.05) is 26.7 Å². The molecule has 2 heterocycles. The zero-order chi connectivity index (χ0) is 14.7. The summed E-state index contributed by atoms with van der Waals surface area (Å²) in [6.45, 7) is 8.12. The first-order chi connectivity index (χ1) is 10.2. The maximum absolute atomic E-state index is 4.15. The number of nitrogens with one attached hydrogen (secondary N) is 1. The van der Waals surface area contributed by atoms with E-state index in [1.54, 1.807) is 0 Å². The predicted molar refractivity (Wildman–Crippen MR) is 87.1 cm³/mol. The van der Waals surface area contributed by atoms with Gasteiger partial charge in [-0.3, -0.25) is 9.88 Å². The average Bonchev–Trinajstić information content (AvgIpc) is 2.91. The van der Waals surface area contributed by atoms with Gasteiger partial charge in [0.15, 0.2) is 0 Å². The van der Waals surface area contributed by atoms with Crippen molar-refractivity contribution in [3.63, 3.8) is 0 Å². The van der Waals surface area contributed by atoms with E-state index in [9.17, 15) is 0 Å². The Balaban J connectivity index is 1.72. The lowest BCUT2D eigenvalue weighted by Crippen LogP contribution is -2.62. The fourth-order valence-corrected chi connectivity index (χ4v) is 4.11. The Morgan fingerprint density at radius 1 is 1.29 bits per heavy atom. The number of aromatic nitrogens is 1. The van der Waals surface area contributed by atoms with Crippen LogP contribution in [0.2, 0.25) is 0 Å². The van der Waals surface area contributed by atoms with Crippen LogP contribution in [-0.4, -0.2) is 34.6 Å². The van der Waals surface area contributed by atoms with E-state index in [0.717, 1.165) is 19.0 Å². The molecular weight excluding hydrogens is 258 g/mol. The van der Waals surface area contributed by atoms with Gasteiger partial charge in [-0.2, -0.15) is 0 Å². The third-order valence-corrected chi connectivity index (χ3v) is 5.17. The van der Waals surface area contributed by atoms with Gasteiger partial charge in [0.1, 0.15) is 0 Å². The van der Waals surface area contributed by atoms with E-state index in [1.165, 1.54) is 44.2 Å². The molecule has 0 radical (unpaired) electrons. The number of hydrogen-bond acceptors (Lipinski definition) is 3. The van der Waals surface area contributed by atoms with E-state index in [4.69, 9.17) is 0 Å². The van der Waals surface area contributed by atoms with Crippen molar-refractivity contribution < 1.29 is 0 Å². The highest BCUT2D eigenvalue weighted by Gasteiger charge is 2.40. The van der Waals surface area contributed by atoms with Crippen molar-refractivity contribution in [3.05, 3.63) is 30.1 Å². The number of rotatable bonds is 4. The summed E-state index contributed by atoms with van der Waals surface area (Å²) in [7, 11) is 0. The van der Waals surface area contributed by atoms with Crippen molar-refractivity contribution in [1.29, 1.82) is 0 Å². The molecule has 1 aliphatic carbocycles. The quantitative estimate of drug-likeness (QED) is 0.921. The smallest absolute Gasteiger partial charge is 0.0309 e. The Bertz CT molecular complexity index is 437. The molecule has 1 saturated carbocycles. The second kappa shape index (κ2) is 6.45.